The average molecular weight is 291 g/mol. The number of nitrogens with zero attached hydrogens (tertiary/aromatic N) is 3. The molecule has 2 aliphatic rings. The van der Waals surface area contributed by atoms with E-state index in [1.165, 1.54) is 31.5 Å². The van der Waals surface area contributed by atoms with Gasteiger partial charge in [-0.1, -0.05) is 0 Å². The second-order valence-corrected chi connectivity index (χ2v) is 5.67. The highest BCUT2D eigenvalue weighted by Crippen LogP contribution is 2.30. The molecular formula is C14H21N5O2. The van der Waals surface area contributed by atoms with Gasteiger partial charge >= 0.3 is 0 Å². The van der Waals surface area contributed by atoms with E-state index in [1.807, 2.05) is 6.92 Å². The van der Waals surface area contributed by atoms with Crippen molar-refractivity contribution >= 4 is 17.3 Å². The number of nitrogens with one attached hydrogen (secondary N) is 2. The van der Waals surface area contributed by atoms with E-state index in [9.17, 15) is 10.1 Å². The Hall–Kier alpha value is -1.89. The normalized spacial score (nSPS) is 24.8. The van der Waals surface area contributed by atoms with Crippen molar-refractivity contribution < 1.29 is 4.92 Å². The SMILES string of the molecule is CCNc1cc([N+](=O)[O-])cc(NC2CCN3CCCC23)n1. The van der Waals surface area contributed by atoms with Gasteiger partial charge in [0.25, 0.3) is 5.69 Å². The van der Waals surface area contributed by atoms with Crippen molar-refractivity contribution in [3.8, 4) is 0 Å². The van der Waals surface area contributed by atoms with Crippen molar-refractivity contribution in [2.45, 2.75) is 38.3 Å². The molecule has 3 heterocycles. The minimum atomic E-state index is -0.371. The number of nitro groups is 1. The van der Waals surface area contributed by atoms with Gasteiger partial charge in [0.15, 0.2) is 0 Å². The maximum atomic E-state index is 11.0. The summed E-state index contributed by atoms with van der Waals surface area (Å²) in [6.45, 7) is 4.92. The maximum Gasteiger partial charge on any atom is 0.276 e. The first-order chi connectivity index (χ1) is 10.2. The van der Waals surface area contributed by atoms with E-state index in [4.69, 9.17) is 0 Å². The van der Waals surface area contributed by atoms with E-state index >= 15 is 0 Å². The predicted octanol–water partition coefficient (Wildman–Crippen LogP) is 2.07. The first-order valence-corrected chi connectivity index (χ1v) is 7.58. The number of rotatable bonds is 5. The highest BCUT2D eigenvalue weighted by molar-refractivity contribution is 5.55. The number of hydrogen-bond acceptors (Lipinski definition) is 6. The monoisotopic (exact) mass is 291 g/mol. The topological polar surface area (TPSA) is 83.3 Å². The van der Waals surface area contributed by atoms with E-state index < -0.39 is 0 Å². The largest absolute Gasteiger partial charge is 0.370 e. The third-order valence-electron chi connectivity index (χ3n) is 4.32. The van der Waals surface area contributed by atoms with Gasteiger partial charge in [0.2, 0.25) is 0 Å². The molecule has 0 amide bonds. The molecule has 2 N–H and O–H groups in total. The van der Waals surface area contributed by atoms with Crippen LogP contribution in [0.5, 0.6) is 0 Å². The number of pyridine rings is 1. The van der Waals surface area contributed by atoms with Crippen molar-refractivity contribution in [3.63, 3.8) is 0 Å². The Balaban J connectivity index is 1.79. The molecular weight excluding hydrogens is 270 g/mol. The van der Waals surface area contributed by atoms with Gasteiger partial charge < -0.3 is 10.6 Å². The van der Waals surface area contributed by atoms with Crippen molar-refractivity contribution in [1.29, 1.82) is 0 Å². The van der Waals surface area contributed by atoms with Gasteiger partial charge in [0, 0.05) is 25.2 Å². The summed E-state index contributed by atoms with van der Waals surface area (Å²) >= 11 is 0. The van der Waals surface area contributed by atoms with Crippen LogP contribution in [0.3, 0.4) is 0 Å². The highest BCUT2D eigenvalue weighted by Gasteiger charge is 2.37. The van der Waals surface area contributed by atoms with Gasteiger partial charge in [-0.05, 0) is 32.7 Å². The van der Waals surface area contributed by atoms with Crippen LogP contribution in [0.4, 0.5) is 17.3 Å². The van der Waals surface area contributed by atoms with Crippen LogP contribution < -0.4 is 10.6 Å². The molecule has 2 atom stereocenters. The zero-order valence-electron chi connectivity index (χ0n) is 12.2. The van der Waals surface area contributed by atoms with Crippen LogP contribution in [0.1, 0.15) is 26.2 Å². The Labute approximate surface area is 123 Å². The fourth-order valence-electron chi connectivity index (χ4n) is 3.41. The van der Waals surface area contributed by atoms with Crippen LogP contribution in [0.25, 0.3) is 0 Å². The van der Waals surface area contributed by atoms with Crippen LogP contribution >= 0.6 is 0 Å². The first-order valence-electron chi connectivity index (χ1n) is 7.58. The molecule has 7 nitrogen and oxygen atoms in total. The summed E-state index contributed by atoms with van der Waals surface area (Å²) in [5.41, 5.74) is 0.0738. The summed E-state index contributed by atoms with van der Waals surface area (Å²) < 4.78 is 0. The lowest BCUT2D eigenvalue weighted by Crippen LogP contribution is -2.34. The number of aromatic nitrogens is 1. The lowest BCUT2D eigenvalue weighted by atomic mass is 10.1. The summed E-state index contributed by atoms with van der Waals surface area (Å²) in [6, 6.07) is 3.90. The molecule has 0 saturated carbocycles. The minimum absolute atomic E-state index is 0.0738. The molecule has 0 radical (unpaired) electrons. The standard InChI is InChI=1S/C14H21N5O2/c1-2-15-13-8-10(19(20)21)9-14(17-13)16-11-5-7-18-6-3-4-12(11)18/h8-9,11-12H,2-7H2,1H3,(H2,15,16,17). The zero-order chi connectivity index (χ0) is 14.8. The molecule has 2 unspecified atom stereocenters. The molecule has 2 aliphatic heterocycles. The molecule has 2 saturated heterocycles. The summed E-state index contributed by atoms with van der Waals surface area (Å²) in [7, 11) is 0. The van der Waals surface area contributed by atoms with Crippen LogP contribution in [-0.4, -0.2) is 46.5 Å². The van der Waals surface area contributed by atoms with E-state index in [0.717, 1.165) is 13.0 Å². The number of fused-ring (bicyclic) bond motifs is 1. The van der Waals surface area contributed by atoms with Gasteiger partial charge in [0.1, 0.15) is 11.6 Å². The Kier molecular flexibility index (Phi) is 3.92. The van der Waals surface area contributed by atoms with Crippen LogP contribution in [0, 0.1) is 10.1 Å². The molecule has 0 aromatic carbocycles. The Morgan fingerprint density at radius 1 is 1.38 bits per heavy atom. The van der Waals surface area contributed by atoms with Gasteiger partial charge in [-0.25, -0.2) is 4.98 Å². The van der Waals surface area contributed by atoms with Gasteiger partial charge in [-0.3, -0.25) is 15.0 Å². The summed E-state index contributed by atoms with van der Waals surface area (Å²) in [5, 5.41) is 17.5. The smallest absolute Gasteiger partial charge is 0.276 e. The van der Waals surface area contributed by atoms with Crippen molar-refractivity contribution in [2.24, 2.45) is 0 Å². The van der Waals surface area contributed by atoms with Crippen LogP contribution in [-0.2, 0) is 0 Å². The second-order valence-electron chi connectivity index (χ2n) is 5.67. The van der Waals surface area contributed by atoms with E-state index in [2.05, 4.69) is 20.5 Å². The Morgan fingerprint density at radius 3 is 2.95 bits per heavy atom. The highest BCUT2D eigenvalue weighted by atomic mass is 16.6. The van der Waals surface area contributed by atoms with Gasteiger partial charge in [-0.15, -0.1) is 0 Å². The Bertz CT molecular complexity index is 536. The molecule has 2 fully saturated rings. The summed E-state index contributed by atoms with van der Waals surface area (Å²) in [6.07, 6.45) is 3.52. The fraction of sp³-hybridized carbons (Fsp3) is 0.643. The number of anilines is 2. The fourth-order valence-corrected chi connectivity index (χ4v) is 3.41. The number of hydrogen-bond donors (Lipinski definition) is 2. The lowest BCUT2D eigenvalue weighted by molar-refractivity contribution is -0.384. The minimum Gasteiger partial charge on any atom is -0.370 e. The molecule has 0 bridgehead atoms. The van der Waals surface area contributed by atoms with Crippen molar-refractivity contribution in [3.05, 3.63) is 22.2 Å². The first kappa shape index (κ1) is 14.1. The Morgan fingerprint density at radius 2 is 2.19 bits per heavy atom. The molecule has 1 aromatic heterocycles. The van der Waals surface area contributed by atoms with Crippen molar-refractivity contribution in [2.75, 3.05) is 30.3 Å². The molecule has 0 spiro atoms. The van der Waals surface area contributed by atoms with Gasteiger partial charge in [-0.2, -0.15) is 0 Å². The third kappa shape index (κ3) is 2.92. The van der Waals surface area contributed by atoms with E-state index in [1.54, 1.807) is 0 Å². The quantitative estimate of drug-likeness (QED) is 0.638. The lowest BCUT2D eigenvalue weighted by Gasteiger charge is -2.21. The third-order valence-corrected chi connectivity index (χ3v) is 4.32. The molecule has 114 valence electrons. The van der Waals surface area contributed by atoms with Crippen LogP contribution in [0.15, 0.2) is 12.1 Å². The molecule has 7 heteroatoms. The molecule has 1 aromatic rings. The van der Waals surface area contributed by atoms with E-state index in [-0.39, 0.29) is 10.6 Å². The van der Waals surface area contributed by atoms with Crippen LogP contribution in [0.2, 0.25) is 0 Å². The average Bonchev–Trinajstić information content (AvgIpc) is 3.04. The zero-order valence-corrected chi connectivity index (χ0v) is 12.2. The second kappa shape index (κ2) is 5.85. The molecule has 21 heavy (non-hydrogen) atoms. The van der Waals surface area contributed by atoms with E-state index in [0.29, 0.717) is 30.3 Å². The summed E-state index contributed by atoms with van der Waals surface area (Å²) in [4.78, 5) is 17.6. The van der Waals surface area contributed by atoms with Gasteiger partial charge in [0.05, 0.1) is 17.1 Å². The van der Waals surface area contributed by atoms with Crippen molar-refractivity contribution in [1.82, 2.24) is 9.88 Å². The summed E-state index contributed by atoms with van der Waals surface area (Å²) in [5.74, 6) is 1.15. The molecule has 3 rings (SSSR count). The maximum absolute atomic E-state index is 11.0. The molecule has 0 aliphatic carbocycles. The predicted molar refractivity (Wildman–Crippen MR) is 81.7 cm³/mol.